The van der Waals surface area contributed by atoms with Crippen molar-refractivity contribution >= 4 is 5.97 Å². The van der Waals surface area contributed by atoms with Gasteiger partial charge in [0.15, 0.2) is 0 Å². The SMILES string of the molecule is C/C=C1\C(=O)OCCC1CCO. The Hall–Kier alpha value is -0.830. The molecule has 12 heavy (non-hydrogen) atoms. The second-order valence-corrected chi connectivity index (χ2v) is 2.88. The van der Waals surface area contributed by atoms with Crippen LogP contribution in [-0.2, 0) is 9.53 Å². The van der Waals surface area contributed by atoms with Crippen molar-refractivity contribution in [2.24, 2.45) is 5.92 Å². The Labute approximate surface area is 72.0 Å². The Bertz CT molecular complexity index is 194. The summed E-state index contributed by atoms with van der Waals surface area (Å²) >= 11 is 0. The number of carbonyl (C=O) groups is 1. The maximum absolute atomic E-state index is 11.1. The zero-order valence-corrected chi connectivity index (χ0v) is 7.25. The number of hydrogen-bond acceptors (Lipinski definition) is 3. The van der Waals surface area contributed by atoms with Crippen molar-refractivity contribution in [3.05, 3.63) is 11.6 Å². The molecule has 1 unspecified atom stereocenters. The minimum Gasteiger partial charge on any atom is -0.462 e. The van der Waals surface area contributed by atoms with Crippen molar-refractivity contribution in [2.45, 2.75) is 19.8 Å². The van der Waals surface area contributed by atoms with Gasteiger partial charge in [0.25, 0.3) is 0 Å². The number of ether oxygens (including phenoxy) is 1. The van der Waals surface area contributed by atoms with E-state index in [-0.39, 0.29) is 18.5 Å². The first-order valence-electron chi connectivity index (χ1n) is 4.23. The van der Waals surface area contributed by atoms with Crippen LogP contribution >= 0.6 is 0 Å². The summed E-state index contributed by atoms with van der Waals surface area (Å²) in [5, 5.41) is 8.74. The smallest absolute Gasteiger partial charge is 0.333 e. The van der Waals surface area contributed by atoms with E-state index in [1.807, 2.05) is 6.92 Å². The summed E-state index contributed by atoms with van der Waals surface area (Å²) in [7, 11) is 0. The van der Waals surface area contributed by atoms with Gasteiger partial charge < -0.3 is 9.84 Å². The van der Waals surface area contributed by atoms with Crippen molar-refractivity contribution in [3.8, 4) is 0 Å². The third kappa shape index (κ3) is 1.85. The van der Waals surface area contributed by atoms with E-state index >= 15 is 0 Å². The van der Waals surface area contributed by atoms with Crippen molar-refractivity contribution < 1.29 is 14.6 Å². The summed E-state index contributed by atoms with van der Waals surface area (Å²) in [6.45, 7) is 2.45. The minimum absolute atomic E-state index is 0.134. The van der Waals surface area contributed by atoms with E-state index in [1.54, 1.807) is 6.08 Å². The molecule has 0 spiro atoms. The van der Waals surface area contributed by atoms with Gasteiger partial charge in [-0.05, 0) is 25.7 Å². The Balaban J connectivity index is 2.65. The number of cyclic esters (lactones) is 1. The molecule has 0 amide bonds. The number of carbonyl (C=O) groups excluding carboxylic acids is 1. The number of aliphatic hydroxyl groups excluding tert-OH is 1. The lowest BCUT2D eigenvalue weighted by Gasteiger charge is -2.23. The maximum atomic E-state index is 11.1. The predicted molar refractivity (Wildman–Crippen MR) is 44.5 cm³/mol. The molecule has 1 fully saturated rings. The first-order valence-corrected chi connectivity index (χ1v) is 4.23. The Kier molecular flexibility index (Phi) is 3.29. The van der Waals surface area contributed by atoms with Crippen LogP contribution in [0.25, 0.3) is 0 Å². The van der Waals surface area contributed by atoms with E-state index in [4.69, 9.17) is 9.84 Å². The fraction of sp³-hybridized carbons (Fsp3) is 0.667. The van der Waals surface area contributed by atoms with E-state index in [1.165, 1.54) is 0 Å². The Morgan fingerprint density at radius 2 is 2.50 bits per heavy atom. The van der Waals surface area contributed by atoms with Crippen LogP contribution in [0.5, 0.6) is 0 Å². The molecule has 0 radical (unpaired) electrons. The quantitative estimate of drug-likeness (QED) is 0.494. The number of esters is 1. The summed E-state index contributed by atoms with van der Waals surface area (Å²) in [6, 6.07) is 0. The number of aliphatic hydroxyl groups is 1. The molecule has 1 saturated heterocycles. The average Bonchev–Trinajstić information content (AvgIpc) is 2.05. The van der Waals surface area contributed by atoms with Gasteiger partial charge in [0, 0.05) is 12.2 Å². The van der Waals surface area contributed by atoms with Crippen LogP contribution in [0.4, 0.5) is 0 Å². The highest BCUT2D eigenvalue weighted by Gasteiger charge is 2.25. The number of hydrogen-bond donors (Lipinski definition) is 1. The van der Waals surface area contributed by atoms with Gasteiger partial charge in [-0.1, -0.05) is 6.08 Å². The van der Waals surface area contributed by atoms with Gasteiger partial charge in [-0.3, -0.25) is 0 Å². The molecule has 0 saturated carbocycles. The predicted octanol–water partition coefficient (Wildman–Crippen LogP) is 0.878. The molecule has 0 aromatic carbocycles. The average molecular weight is 170 g/mol. The normalized spacial score (nSPS) is 27.3. The molecule has 0 bridgehead atoms. The number of rotatable bonds is 2. The molecule has 68 valence electrons. The van der Waals surface area contributed by atoms with Gasteiger partial charge in [-0.25, -0.2) is 4.79 Å². The van der Waals surface area contributed by atoms with Crippen LogP contribution in [0.1, 0.15) is 19.8 Å². The first kappa shape index (κ1) is 9.26. The molecule has 1 aliphatic heterocycles. The standard InChI is InChI=1S/C9H14O3/c1-2-8-7(3-5-10)4-6-12-9(8)11/h2,7,10H,3-6H2,1H3/b8-2-. The molecule has 3 heteroatoms. The lowest BCUT2D eigenvalue weighted by molar-refractivity contribution is -0.142. The van der Waals surface area contributed by atoms with Crippen LogP contribution in [-0.4, -0.2) is 24.3 Å². The molecule has 3 nitrogen and oxygen atoms in total. The van der Waals surface area contributed by atoms with E-state index in [0.29, 0.717) is 13.0 Å². The summed E-state index contributed by atoms with van der Waals surface area (Å²) in [6.07, 6.45) is 3.28. The van der Waals surface area contributed by atoms with E-state index < -0.39 is 0 Å². The topological polar surface area (TPSA) is 46.5 Å². The molecular formula is C9H14O3. The van der Waals surface area contributed by atoms with Gasteiger partial charge in [-0.2, -0.15) is 0 Å². The van der Waals surface area contributed by atoms with Gasteiger partial charge in [0.1, 0.15) is 0 Å². The molecular weight excluding hydrogens is 156 g/mol. The fourth-order valence-electron chi connectivity index (χ4n) is 1.51. The van der Waals surface area contributed by atoms with Crippen molar-refractivity contribution in [1.29, 1.82) is 0 Å². The largest absolute Gasteiger partial charge is 0.462 e. The molecule has 0 aromatic heterocycles. The summed E-state index contributed by atoms with van der Waals surface area (Å²) in [4.78, 5) is 11.1. The molecule has 0 aromatic rings. The molecule has 1 heterocycles. The third-order valence-corrected chi connectivity index (χ3v) is 2.16. The maximum Gasteiger partial charge on any atom is 0.333 e. The zero-order chi connectivity index (χ0) is 8.97. The summed E-state index contributed by atoms with van der Waals surface area (Å²) in [5.74, 6) is -0.0246. The first-order chi connectivity index (χ1) is 5.79. The summed E-state index contributed by atoms with van der Waals surface area (Å²) in [5.41, 5.74) is 0.718. The lowest BCUT2D eigenvalue weighted by Crippen LogP contribution is -2.24. The Morgan fingerprint density at radius 3 is 3.08 bits per heavy atom. The van der Waals surface area contributed by atoms with E-state index in [2.05, 4.69) is 0 Å². The van der Waals surface area contributed by atoms with Crippen molar-refractivity contribution in [3.63, 3.8) is 0 Å². The molecule has 1 atom stereocenters. The molecule has 1 rings (SSSR count). The van der Waals surface area contributed by atoms with E-state index in [9.17, 15) is 4.79 Å². The van der Waals surface area contributed by atoms with Crippen LogP contribution < -0.4 is 0 Å². The highest BCUT2D eigenvalue weighted by atomic mass is 16.5. The third-order valence-electron chi connectivity index (χ3n) is 2.16. The molecule has 1 aliphatic rings. The lowest BCUT2D eigenvalue weighted by atomic mass is 9.91. The van der Waals surface area contributed by atoms with Crippen molar-refractivity contribution in [1.82, 2.24) is 0 Å². The highest BCUT2D eigenvalue weighted by molar-refractivity contribution is 5.89. The highest BCUT2D eigenvalue weighted by Crippen LogP contribution is 2.24. The van der Waals surface area contributed by atoms with Crippen LogP contribution in [0.3, 0.4) is 0 Å². The molecule has 1 N–H and O–H groups in total. The van der Waals surface area contributed by atoms with Gasteiger partial charge in [0.2, 0.25) is 0 Å². The Morgan fingerprint density at radius 1 is 1.75 bits per heavy atom. The molecule has 0 aliphatic carbocycles. The summed E-state index contributed by atoms with van der Waals surface area (Å²) < 4.78 is 4.87. The van der Waals surface area contributed by atoms with Crippen molar-refractivity contribution in [2.75, 3.05) is 13.2 Å². The second kappa shape index (κ2) is 4.26. The minimum atomic E-state index is -0.220. The van der Waals surface area contributed by atoms with Gasteiger partial charge in [-0.15, -0.1) is 0 Å². The number of allylic oxidation sites excluding steroid dienone is 1. The fourth-order valence-corrected chi connectivity index (χ4v) is 1.51. The van der Waals surface area contributed by atoms with Crippen LogP contribution in [0.2, 0.25) is 0 Å². The van der Waals surface area contributed by atoms with E-state index in [0.717, 1.165) is 12.0 Å². The van der Waals surface area contributed by atoms with Gasteiger partial charge >= 0.3 is 5.97 Å². The van der Waals surface area contributed by atoms with Crippen LogP contribution in [0, 0.1) is 5.92 Å². The monoisotopic (exact) mass is 170 g/mol. The zero-order valence-electron chi connectivity index (χ0n) is 7.25. The van der Waals surface area contributed by atoms with Crippen LogP contribution in [0.15, 0.2) is 11.6 Å². The second-order valence-electron chi connectivity index (χ2n) is 2.88. The van der Waals surface area contributed by atoms with Gasteiger partial charge in [0.05, 0.1) is 6.61 Å².